The molecule has 0 aliphatic heterocycles. The van der Waals surface area contributed by atoms with Gasteiger partial charge in [0.15, 0.2) is 0 Å². The van der Waals surface area contributed by atoms with E-state index in [1.54, 1.807) is 6.07 Å². The Labute approximate surface area is 142 Å². The molecule has 0 amide bonds. The SMILES string of the molecule is [2H]C([2H])([2H])Oc1ccc2c(c1)CC[C@@H]1C2=CC[C@@]2(C)[C@H]1CC[C@@]2(O)C#C. The molecule has 0 unspecified atom stereocenters. The van der Waals surface area contributed by atoms with Crippen LogP contribution in [0.25, 0.3) is 5.57 Å². The number of methoxy groups -OCH3 is 1. The van der Waals surface area contributed by atoms with E-state index < -0.39 is 12.6 Å². The molecule has 2 nitrogen and oxygen atoms in total. The highest BCUT2D eigenvalue weighted by Crippen LogP contribution is 2.62. The second-order valence-corrected chi connectivity index (χ2v) is 7.50. The van der Waals surface area contributed by atoms with Gasteiger partial charge in [-0.1, -0.05) is 25.0 Å². The highest BCUT2D eigenvalue weighted by Gasteiger charge is 2.59. The van der Waals surface area contributed by atoms with E-state index >= 15 is 0 Å². The van der Waals surface area contributed by atoms with Crippen LogP contribution >= 0.6 is 0 Å². The third-order valence-corrected chi connectivity index (χ3v) is 6.68. The number of aliphatic hydroxyl groups is 1. The largest absolute Gasteiger partial charge is 0.497 e. The van der Waals surface area contributed by atoms with E-state index in [1.807, 2.05) is 12.1 Å². The third kappa shape index (κ3) is 1.86. The number of hydrogen-bond acceptors (Lipinski definition) is 2. The number of aryl methyl sites for hydroxylation is 1. The number of fused-ring (bicyclic) bond motifs is 5. The Bertz CT molecular complexity index is 820. The molecule has 2 heteroatoms. The predicted molar refractivity (Wildman–Crippen MR) is 92.0 cm³/mol. The first kappa shape index (κ1) is 11.8. The molecule has 1 fully saturated rings. The minimum Gasteiger partial charge on any atom is -0.497 e. The van der Waals surface area contributed by atoms with Crippen molar-refractivity contribution in [3.05, 3.63) is 35.4 Å². The standard InChI is InChI=1S/C21H24O2/c1-4-21(22)12-10-19-18-7-5-14-13-15(23-3)6-8-16(14)17(18)9-11-20(19,21)2/h1,6,8-9,13,18-19,22H,5,7,10-12H2,2-3H3/t18-,19+,20+,21+/m1/s1/i3D3. The van der Waals surface area contributed by atoms with Crippen LogP contribution in [0.1, 0.15) is 47.8 Å². The van der Waals surface area contributed by atoms with Gasteiger partial charge in [-0.15, -0.1) is 6.42 Å². The molecule has 4 atom stereocenters. The molecule has 0 saturated heterocycles. The Kier molecular flexibility index (Phi) is 2.50. The lowest BCUT2D eigenvalue weighted by Crippen LogP contribution is -2.47. The number of ether oxygens (including phenoxy) is 1. The van der Waals surface area contributed by atoms with Crippen molar-refractivity contribution in [2.24, 2.45) is 17.3 Å². The molecule has 0 bridgehead atoms. The fraction of sp³-hybridized carbons (Fsp3) is 0.524. The van der Waals surface area contributed by atoms with Crippen LogP contribution < -0.4 is 4.74 Å². The third-order valence-electron chi connectivity index (χ3n) is 6.68. The van der Waals surface area contributed by atoms with E-state index in [4.69, 9.17) is 15.3 Å². The van der Waals surface area contributed by atoms with Crippen molar-refractivity contribution in [1.82, 2.24) is 0 Å². The summed E-state index contributed by atoms with van der Waals surface area (Å²) in [6.45, 7) is 2.14. The van der Waals surface area contributed by atoms with Crippen LogP contribution in [0.5, 0.6) is 5.75 Å². The van der Waals surface area contributed by atoms with Crippen LogP contribution in [0.2, 0.25) is 0 Å². The predicted octanol–water partition coefficient (Wildman–Crippen LogP) is 3.83. The highest BCUT2D eigenvalue weighted by molar-refractivity contribution is 5.74. The van der Waals surface area contributed by atoms with Crippen LogP contribution in [0.3, 0.4) is 0 Å². The Hall–Kier alpha value is -1.72. The monoisotopic (exact) mass is 311 g/mol. The van der Waals surface area contributed by atoms with Gasteiger partial charge in [-0.3, -0.25) is 0 Å². The fourth-order valence-corrected chi connectivity index (χ4v) is 5.27. The molecule has 0 spiro atoms. The summed E-state index contributed by atoms with van der Waals surface area (Å²) in [4.78, 5) is 0. The van der Waals surface area contributed by atoms with Crippen LogP contribution in [-0.4, -0.2) is 17.7 Å². The van der Waals surface area contributed by atoms with Gasteiger partial charge in [-0.25, -0.2) is 0 Å². The summed E-state index contributed by atoms with van der Waals surface area (Å²) in [6.07, 6.45) is 12.2. The lowest BCUT2D eigenvalue weighted by molar-refractivity contribution is -0.0299. The van der Waals surface area contributed by atoms with Gasteiger partial charge < -0.3 is 9.84 Å². The molecule has 4 rings (SSSR count). The van der Waals surface area contributed by atoms with Gasteiger partial charge in [-0.05, 0) is 72.8 Å². The van der Waals surface area contributed by atoms with E-state index in [-0.39, 0.29) is 5.41 Å². The lowest BCUT2D eigenvalue weighted by Gasteiger charge is -2.48. The van der Waals surface area contributed by atoms with E-state index in [0.29, 0.717) is 24.0 Å². The van der Waals surface area contributed by atoms with Gasteiger partial charge in [0, 0.05) is 5.41 Å². The minimum atomic E-state index is -2.43. The molecular formula is C21H24O2. The summed E-state index contributed by atoms with van der Waals surface area (Å²) in [5, 5.41) is 10.9. The van der Waals surface area contributed by atoms with Gasteiger partial charge in [0.25, 0.3) is 0 Å². The summed E-state index contributed by atoms with van der Waals surface area (Å²) in [5.74, 6) is 3.86. The minimum absolute atomic E-state index is 0.266. The Morgan fingerprint density at radius 1 is 1.43 bits per heavy atom. The molecule has 0 heterocycles. The average molecular weight is 311 g/mol. The highest BCUT2D eigenvalue weighted by atomic mass is 16.5. The Balaban J connectivity index is 1.69. The number of allylic oxidation sites excluding steroid dienone is 2. The van der Waals surface area contributed by atoms with Crippen molar-refractivity contribution in [3.8, 4) is 18.1 Å². The second kappa shape index (κ2) is 4.89. The van der Waals surface area contributed by atoms with Crippen LogP contribution in [0, 0.1) is 29.6 Å². The fourth-order valence-electron chi connectivity index (χ4n) is 5.27. The molecule has 1 aromatic carbocycles. The lowest BCUT2D eigenvalue weighted by atomic mass is 9.57. The number of benzene rings is 1. The smallest absolute Gasteiger partial charge is 0.131 e. The molecule has 0 radical (unpaired) electrons. The topological polar surface area (TPSA) is 29.5 Å². The summed E-state index contributed by atoms with van der Waals surface area (Å²) < 4.78 is 26.9. The maximum Gasteiger partial charge on any atom is 0.131 e. The van der Waals surface area contributed by atoms with Gasteiger partial charge in [0.1, 0.15) is 11.4 Å². The van der Waals surface area contributed by atoms with Crippen molar-refractivity contribution in [3.63, 3.8) is 0 Å². The Morgan fingerprint density at radius 3 is 3.09 bits per heavy atom. The zero-order valence-corrected chi connectivity index (χ0v) is 13.4. The Morgan fingerprint density at radius 2 is 2.30 bits per heavy atom. The van der Waals surface area contributed by atoms with Crippen molar-refractivity contribution in [2.75, 3.05) is 7.04 Å². The maximum atomic E-state index is 10.9. The number of rotatable bonds is 1. The quantitative estimate of drug-likeness (QED) is 0.799. The number of hydrogen-bond donors (Lipinski definition) is 1. The summed E-state index contributed by atoms with van der Waals surface area (Å²) in [7, 11) is -2.43. The first-order chi connectivity index (χ1) is 12.2. The number of terminal acetylenes is 1. The molecule has 1 aromatic rings. The van der Waals surface area contributed by atoms with Gasteiger partial charge in [0.05, 0.1) is 11.2 Å². The maximum absolute atomic E-state index is 10.9. The molecule has 3 aliphatic rings. The van der Waals surface area contributed by atoms with Gasteiger partial charge in [0.2, 0.25) is 0 Å². The molecule has 1 saturated carbocycles. The van der Waals surface area contributed by atoms with Crippen molar-refractivity contribution >= 4 is 5.57 Å². The zero-order chi connectivity index (χ0) is 18.7. The molecular weight excluding hydrogens is 284 g/mol. The summed E-state index contributed by atoms with van der Waals surface area (Å²) in [5.41, 5.74) is 2.38. The molecule has 23 heavy (non-hydrogen) atoms. The van der Waals surface area contributed by atoms with Crippen molar-refractivity contribution in [1.29, 1.82) is 0 Å². The summed E-state index contributed by atoms with van der Waals surface area (Å²) in [6, 6.07) is 5.59. The molecule has 1 N–H and O–H groups in total. The van der Waals surface area contributed by atoms with E-state index in [0.717, 1.165) is 31.2 Å². The first-order valence-corrected chi connectivity index (χ1v) is 8.39. The molecule has 3 aliphatic carbocycles. The van der Waals surface area contributed by atoms with Gasteiger partial charge in [-0.2, -0.15) is 0 Å². The van der Waals surface area contributed by atoms with Crippen molar-refractivity contribution < 1.29 is 14.0 Å². The molecule has 120 valence electrons. The van der Waals surface area contributed by atoms with Gasteiger partial charge >= 0.3 is 0 Å². The van der Waals surface area contributed by atoms with Crippen LogP contribution in [-0.2, 0) is 6.42 Å². The van der Waals surface area contributed by atoms with Crippen molar-refractivity contribution in [2.45, 2.75) is 44.6 Å². The first-order valence-electron chi connectivity index (χ1n) is 9.89. The van der Waals surface area contributed by atoms with E-state index in [9.17, 15) is 5.11 Å². The van der Waals surface area contributed by atoms with E-state index in [2.05, 4.69) is 18.9 Å². The summed E-state index contributed by atoms with van der Waals surface area (Å²) >= 11 is 0. The second-order valence-electron chi connectivity index (χ2n) is 7.50. The van der Waals surface area contributed by atoms with Crippen LogP contribution in [0.15, 0.2) is 24.3 Å². The zero-order valence-electron chi connectivity index (χ0n) is 16.4. The average Bonchev–Trinajstić information content (AvgIpc) is 2.85. The normalized spacial score (nSPS) is 40.4. The van der Waals surface area contributed by atoms with E-state index in [1.165, 1.54) is 11.1 Å². The van der Waals surface area contributed by atoms with Crippen LogP contribution in [0.4, 0.5) is 0 Å². The molecule has 0 aromatic heterocycles.